The van der Waals surface area contributed by atoms with E-state index in [-0.39, 0.29) is 17.2 Å². The number of benzene rings is 2. The van der Waals surface area contributed by atoms with E-state index >= 15 is 0 Å². The molecule has 3 rings (SSSR count). The van der Waals surface area contributed by atoms with Crippen LogP contribution in [0.15, 0.2) is 52.9 Å². The number of thiazole rings is 1. The van der Waals surface area contributed by atoms with Crippen LogP contribution in [-0.2, 0) is 0 Å². The average molecular weight is 356 g/mol. The highest BCUT2D eigenvalue weighted by Crippen LogP contribution is 2.27. The van der Waals surface area contributed by atoms with Gasteiger partial charge in [-0.15, -0.1) is 11.3 Å². The fourth-order valence-electron chi connectivity index (χ4n) is 2.03. The number of phenolic OH excluding ortho intramolecular Hbond substituents is 2. The summed E-state index contributed by atoms with van der Waals surface area (Å²) >= 11 is 1.29. The molecule has 0 atom stereocenters. The molecule has 3 aromatic rings. The van der Waals surface area contributed by atoms with Gasteiger partial charge in [0.15, 0.2) is 0 Å². The summed E-state index contributed by atoms with van der Waals surface area (Å²) in [5.74, 6) is -0.133. The molecule has 25 heavy (non-hydrogen) atoms. The molecule has 0 fully saturated rings. The van der Waals surface area contributed by atoms with Gasteiger partial charge in [0.1, 0.15) is 11.5 Å². The predicted molar refractivity (Wildman–Crippen MR) is 95.2 cm³/mol. The molecule has 126 valence electrons. The lowest BCUT2D eigenvalue weighted by Crippen LogP contribution is -1.91. The molecule has 0 spiro atoms. The van der Waals surface area contributed by atoms with Crippen LogP contribution in [0.5, 0.6) is 11.5 Å². The summed E-state index contributed by atoms with van der Waals surface area (Å²) in [4.78, 5) is 14.7. The van der Waals surface area contributed by atoms with E-state index in [1.165, 1.54) is 47.9 Å². The zero-order valence-corrected chi connectivity index (χ0v) is 13.5. The fourth-order valence-corrected chi connectivity index (χ4v) is 2.70. The topological polar surface area (TPSA) is 121 Å². The molecule has 0 aliphatic rings. The van der Waals surface area contributed by atoms with Crippen molar-refractivity contribution in [2.75, 3.05) is 5.43 Å². The number of aromatic hydroxyl groups is 2. The van der Waals surface area contributed by atoms with Crippen LogP contribution >= 0.6 is 11.3 Å². The third-order valence-corrected chi connectivity index (χ3v) is 3.98. The zero-order valence-electron chi connectivity index (χ0n) is 12.7. The Hall–Kier alpha value is -3.46. The summed E-state index contributed by atoms with van der Waals surface area (Å²) in [5, 5.41) is 36.0. The Morgan fingerprint density at radius 3 is 2.84 bits per heavy atom. The Morgan fingerprint density at radius 2 is 2.08 bits per heavy atom. The van der Waals surface area contributed by atoms with Crippen LogP contribution in [0, 0.1) is 10.1 Å². The standard InChI is InChI=1S/C16H12N4O4S/c21-13-5-4-11(15(22)7-13)8-17-19-16-18-14(9-25-16)10-2-1-3-12(6-10)20(23)24/h1-9,21-22H,(H,18,19)/b17-8+. The maximum absolute atomic E-state index is 10.8. The number of hydrogen-bond donors (Lipinski definition) is 3. The van der Waals surface area contributed by atoms with Crippen LogP contribution in [-0.4, -0.2) is 26.3 Å². The first kappa shape index (κ1) is 16.4. The summed E-state index contributed by atoms with van der Waals surface area (Å²) < 4.78 is 0. The second-order valence-corrected chi connectivity index (χ2v) is 5.82. The van der Waals surface area contributed by atoms with Gasteiger partial charge in [-0.3, -0.25) is 15.5 Å². The molecular weight excluding hydrogens is 344 g/mol. The maximum Gasteiger partial charge on any atom is 0.270 e. The van der Waals surface area contributed by atoms with E-state index in [1.807, 2.05) is 0 Å². The number of hydrogen-bond acceptors (Lipinski definition) is 8. The summed E-state index contributed by atoms with van der Waals surface area (Å²) in [6.45, 7) is 0. The van der Waals surface area contributed by atoms with E-state index in [1.54, 1.807) is 17.5 Å². The second kappa shape index (κ2) is 6.97. The van der Waals surface area contributed by atoms with Gasteiger partial charge >= 0.3 is 0 Å². The van der Waals surface area contributed by atoms with Gasteiger partial charge in [-0.1, -0.05) is 12.1 Å². The van der Waals surface area contributed by atoms with Gasteiger partial charge in [-0.25, -0.2) is 4.98 Å². The van der Waals surface area contributed by atoms with Gasteiger partial charge in [-0.05, 0) is 12.1 Å². The minimum Gasteiger partial charge on any atom is -0.508 e. The lowest BCUT2D eigenvalue weighted by molar-refractivity contribution is -0.384. The van der Waals surface area contributed by atoms with Crippen LogP contribution in [0.3, 0.4) is 0 Å². The molecule has 3 N–H and O–H groups in total. The lowest BCUT2D eigenvalue weighted by Gasteiger charge is -1.99. The van der Waals surface area contributed by atoms with Crippen LogP contribution in [0.1, 0.15) is 5.56 Å². The Kier molecular flexibility index (Phi) is 4.57. The van der Waals surface area contributed by atoms with Crippen molar-refractivity contribution in [1.29, 1.82) is 0 Å². The first-order valence-corrected chi connectivity index (χ1v) is 7.92. The number of nitrogens with zero attached hydrogens (tertiary/aromatic N) is 3. The number of anilines is 1. The van der Waals surface area contributed by atoms with Crippen LogP contribution in [0.25, 0.3) is 11.3 Å². The van der Waals surface area contributed by atoms with Crippen molar-refractivity contribution in [3.63, 3.8) is 0 Å². The maximum atomic E-state index is 10.8. The largest absolute Gasteiger partial charge is 0.508 e. The van der Waals surface area contributed by atoms with Crippen molar-refractivity contribution in [3.05, 3.63) is 63.5 Å². The molecule has 8 nitrogen and oxygen atoms in total. The Bertz CT molecular complexity index is 955. The molecule has 0 aliphatic heterocycles. The highest BCUT2D eigenvalue weighted by atomic mass is 32.1. The molecule has 0 unspecified atom stereocenters. The van der Waals surface area contributed by atoms with E-state index in [0.717, 1.165) is 0 Å². The molecule has 0 radical (unpaired) electrons. The summed E-state index contributed by atoms with van der Waals surface area (Å²) in [7, 11) is 0. The third kappa shape index (κ3) is 3.90. The fraction of sp³-hybridized carbons (Fsp3) is 0. The number of nitrogens with one attached hydrogen (secondary N) is 1. The summed E-state index contributed by atoms with van der Waals surface area (Å²) in [6, 6.07) is 10.4. The van der Waals surface area contributed by atoms with Crippen molar-refractivity contribution in [2.45, 2.75) is 0 Å². The van der Waals surface area contributed by atoms with E-state index in [4.69, 9.17) is 0 Å². The normalized spacial score (nSPS) is 10.9. The number of nitro benzene ring substituents is 1. The van der Waals surface area contributed by atoms with Gasteiger partial charge < -0.3 is 10.2 Å². The summed E-state index contributed by atoms with van der Waals surface area (Å²) in [6.07, 6.45) is 1.39. The quantitative estimate of drug-likeness (QED) is 0.365. The number of phenols is 2. The van der Waals surface area contributed by atoms with Crippen molar-refractivity contribution >= 4 is 28.4 Å². The first-order chi connectivity index (χ1) is 12.0. The van der Waals surface area contributed by atoms with Crippen LogP contribution in [0.2, 0.25) is 0 Å². The van der Waals surface area contributed by atoms with Gasteiger partial charge in [0.05, 0.1) is 16.8 Å². The Labute approximate surface area is 145 Å². The Balaban J connectivity index is 1.72. The number of non-ortho nitro benzene ring substituents is 1. The second-order valence-electron chi connectivity index (χ2n) is 4.96. The lowest BCUT2D eigenvalue weighted by atomic mass is 10.1. The molecule has 2 aromatic carbocycles. The molecule has 9 heteroatoms. The summed E-state index contributed by atoms with van der Waals surface area (Å²) in [5.41, 5.74) is 4.40. The zero-order chi connectivity index (χ0) is 17.8. The third-order valence-electron chi connectivity index (χ3n) is 3.23. The number of aromatic nitrogens is 1. The van der Waals surface area contributed by atoms with Gasteiger partial charge in [0.2, 0.25) is 5.13 Å². The van der Waals surface area contributed by atoms with E-state index in [2.05, 4.69) is 15.5 Å². The van der Waals surface area contributed by atoms with Crippen molar-refractivity contribution < 1.29 is 15.1 Å². The SMILES string of the molecule is O=[N+]([O-])c1cccc(-c2csc(N/N=C/c3ccc(O)cc3O)n2)c1. The Morgan fingerprint density at radius 1 is 1.24 bits per heavy atom. The van der Waals surface area contributed by atoms with E-state index < -0.39 is 4.92 Å². The highest BCUT2D eigenvalue weighted by Gasteiger charge is 2.09. The molecule has 1 heterocycles. The minimum absolute atomic E-state index is 0.000774. The molecule has 1 aromatic heterocycles. The van der Waals surface area contributed by atoms with Gasteiger partial charge in [0.25, 0.3) is 5.69 Å². The number of nitro groups is 1. The van der Waals surface area contributed by atoms with E-state index in [0.29, 0.717) is 22.0 Å². The molecule has 0 amide bonds. The smallest absolute Gasteiger partial charge is 0.270 e. The predicted octanol–water partition coefficient (Wildman–Crippen LogP) is 3.58. The monoisotopic (exact) mass is 356 g/mol. The van der Waals surface area contributed by atoms with Gasteiger partial charge in [0, 0.05) is 34.7 Å². The van der Waals surface area contributed by atoms with Crippen molar-refractivity contribution in [2.24, 2.45) is 5.10 Å². The van der Waals surface area contributed by atoms with Gasteiger partial charge in [-0.2, -0.15) is 5.10 Å². The van der Waals surface area contributed by atoms with Crippen LogP contribution in [0.4, 0.5) is 10.8 Å². The molecular formula is C16H12N4O4S. The highest BCUT2D eigenvalue weighted by molar-refractivity contribution is 7.14. The van der Waals surface area contributed by atoms with Crippen LogP contribution < -0.4 is 5.43 Å². The average Bonchev–Trinajstić information content (AvgIpc) is 3.06. The first-order valence-electron chi connectivity index (χ1n) is 7.04. The van der Waals surface area contributed by atoms with Crippen molar-refractivity contribution in [1.82, 2.24) is 4.98 Å². The molecule has 0 aliphatic carbocycles. The van der Waals surface area contributed by atoms with E-state index in [9.17, 15) is 20.3 Å². The minimum atomic E-state index is -0.455. The molecule has 0 bridgehead atoms. The number of rotatable bonds is 5. The molecule has 0 saturated heterocycles. The van der Waals surface area contributed by atoms with Crippen molar-refractivity contribution in [3.8, 4) is 22.8 Å². The number of hydrazone groups is 1. The molecule has 0 saturated carbocycles.